The first-order valence-corrected chi connectivity index (χ1v) is 10.4. The molecule has 1 aliphatic rings. The monoisotopic (exact) mass is 428 g/mol. The van der Waals surface area contributed by atoms with Crippen LogP contribution >= 0.6 is 0 Å². The van der Waals surface area contributed by atoms with Gasteiger partial charge in [0.1, 0.15) is 6.04 Å². The van der Waals surface area contributed by atoms with Crippen LogP contribution in [0.5, 0.6) is 0 Å². The van der Waals surface area contributed by atoms with E-state index >= 15 is 0 Å². The SMILES string of the molecule is CC(=O)N1NCCCC1C(=O)NC(C(=O)COC(=O)c1ccc2[nH]ccc2c1)C(C)C. The van der Waals surface area contributed by atoms with Crippen LogP contribution in [0.15, 0.2) is 30.5 Å². The van der Waals surface area contributed by atoms with E-state index in [9.17, 15) is 19.2 Å². The number of aromatic nitrogens is 1. The highest BCUT2D eigenvalue weighted by Gasteiger charge is 2.34. The number of rotatable bonds is 7. The summed E-state index contributed by atoms with van der Waals surface area (Å²) in [5.74, 6) is -1.89. The lowest BCUT2D eigenvalue weighted by Crippen LogP contribution is -2.60. The molecule has 1 aliphatic heterocycles. The van der Waals surface area contributed by atoms with E-state index in [4.69, 9.17) is 4.74 Å². The molecule has 0 bridgehead atoms. The smallest absolute Gasteiger partial charge is 0.338 e. The Morgan fingerprint density at radius 3 is 2.71 bits per heavy atom. The summed E-state index contributed by atoms with van der Waals surface area (Å²) in [5, 5.41) is 4.91. The Balaban J connectivity index is 1.61. The molecular weight excluding hydrogens is 400 g/mol. The van der Waals surface area contributed by atoms with Crippen LogP contribution in [0.3, 0.4) is 0 Å². The molecule has 1 aromatic heterocycles. The number of ether oxygens (including phenoxy) is 1. The second-order valence-corrected chi connectivity index (χ2v) is 8.01. The number of ketones is 1. The van der Waals surface area contributed by atoms with Crippen molar-refractivity contribution in [3.05, 3.63) is 36.0 Å². The van der Waals surface area contributed by atoms with Gasteiger partial charge in [0, 0.05) is 30.6 Å². The number of Topliss-reactive ketones (excluding diaryl/α,β-unsaturated/α-hetero) is 1. The van der Waals surface area contributed by atoms with Gasteiger partial charge < -0.3 is 15.0 Å². The highest BCUT2D eigenvalue weighted by atomic mass is 16.5. The maximum absolute atomic E-state index is 12.8. The van der Waals surface area contributed by atoms with Crippen LogP contribution in [0.2, 0.25) is 0 Å². The van der Waals surface area contributed by atoms with Gasteiger partial charge >= 0.3 is 5.97 Å². The van der Waals surface area contributed by atoms with E-state index in [0.717, 1.165) is 17.3 Å². The summed E-state index contributed by atoms with van der Waals surface area (Å²) in [6.45, 7) is 5.14. The largest absolute Gasteiger partial charge is 0.454 e. The Hall–Kier alpha value is -3.20. The third kappa shape index (κ3) is 5.29. The molecule has 1 fully saturated rings. The molecule has 2 atom stereocenters. The highest BCUT2D eigenvalue weighted by molar-refractivity contribution is 5.97. The minimum atomic E-state index is -0.830. The zero-order valence-corrected chi connectivity index (χ0v) is 17.9. The number of aromatic amines is 1. The van der Waals surface area contributed by atoms with Gasteiger partial charge in [-0.2, -0.15) is 0 Å². The number of amides is 2. The number of nitrogens with zero attached hydrogens (tertiary/aromatic N) is 1. The maximum Gasteiger partial charge on any atom is 0.338 e. The predicted octanol–water partition coefficient (Wildman–Crippen LogP) is 1.55. The van der Waals surface area contributed by atoms with Crippen LogP contribution in [0.1, 0.15) is 44.0 Å². The lowest BCUT2D eigenvalue weighted by Gasteiger charge is -2.35. The van der Waals surface area contributed by atoms with Gasteiger partial charge in [-0.3, -0.25) is 19.4 Å². The fraction of sp³-hybridized carbons (Fsp3) is 0.455. The number of hydrogen-bond donors (Lipinski definition) is 3. The Morgan fingerprint density at radius 2 is 2.00 bits per heavy atom. The Bertz CT molecular complexity index is 983. The van der Waals surface area contributed by atoms with E-state index in [1.807, 2.05) is 6.07 Å². The standard InChI is InChI=1S/C22H28N4O5/c1-13(2)20(25-21(29)18-5-4-9-24-26(18)14(3)27)19(28)12-31-22(30)16-6-7-17-15(11-16)8-10-23-17/h6-8,10-11,13,18,20,23-24H,4-5,9,12H2,1-3H3,(H,25,29). The van der Waals surface area contributed by atoms with Gasteiger partial charge in [-0.1, -0.05) is 13.8 Å². The number of H-pyrrole nitrogens is 1. The van der Waals surface area contributed by atoms with Crippen molar-refractivity contribution in [2.75, 3.05) is 13.2 Å². The Morgan fingerprint density at radius 1 is 1.23 bits per heavy atom. The molecule has 2 amide bonds. The predicted molar refractivity (Wildman–Crippen MR) is 114 cm³/mol. The van der Waals surface area contributed by atoms with Crippen molar-refractivity contribution in [2.24, 2.45) is 5.92 Å². The summed E-state index contributed by atoms with van der Waals surface area (Å²) in [5.41, 5.74) is 4.15. The summed E-state index contributed by atoms with van der Waals surface area (Å²) in [4.78, 5) is 52.7. The molecule has 1 aromatic carbocycles. The van der Waals surface area contributed by atoms with Crippen molar-refractivity contribution in [1.82, 2.24) is 20.7 Å². The molecule has 3 N–H and O–H groups in total. The van der Waals surface area contributed by atoms with Gasteiger partial charge in [-0.25, -0.2) is 10.2 Å². The summed E-state index contributed by atoms with van der Waals surface area (Å²) in [7, 11) is 0. The summed E-state index contributed by atoms with van der Waals surface area (Å²) in [6, 6.07) is 5.40. The minimum Gasteiger partial charge on any atom is -0.454 e. The van der Waals surface area contributed by atoms with Crippen molar-refractivity contribution in [3.63, 3.8) is 0 Å². The maximum atomic E-state index is 12.8. The Kier molecular flexibility index (Phi) is 7.06. The number of esters is 1. The van der Waals surface area contributed by atoms with Gasteiger partial charge in [-0.05, 0) is 43.0 Å². The van der Waals surface area contributed by atoms with Gasteiger partial charge in [-0.15, -0.1) is 0 Å². The van der Waals surface area contributed by atoms with E-state index in [1.165, 1.54) is 11.9 Å². The average Bonchev–Trinajstić information content (AvgIpc) is 3.23. The number of fused-ring (bicyclic) bond motifs is 1. The molecule has 2 aromatic rings. The van der Waals surface area contributed by atoms with Crippen LogP contribution in [-0.4, -0.2) is 58.8 Å². The number of carbonyl (C=O) groups is 4. The molecular formula is C22H28N4O5. The normalized spacial score (nSPS) is 17.4. The molecule has 0 saturated carbocycles. The van der Waals surface area contributed by atoms with Gasteiger partial charge in [0.2, 0.25) is 11.8 Å². The molecule has 9 heteroatoms. The first kappa shape index (κ1) is 22.5. The first-order valence-electron chi connectivity index (χ1n) is 10.4. The summed E-state index contributed by atoms with van der Waals surface area (Å²) >= 11 is 0. The zero-order valence-electron chi connectivity index (χ0n) is 17.9. The Labute approximate surface area is 180 Å². The second-order valence-electron chi connectivity index (χ2n) is 8.01. The van der Waals surface area contributed by atoms with Crippen molar-refractivity contribution < 1.29 is 23.9 Å². The fourth-order valence-corrected chi connectivity index (χ4v) is 3.67. The topological polar surface area (TPSA) is 121 Å². The minimum absolute atomic E-state index is 0.214. The van der Waals surface area contributed by atoms with Gasteiger partial charge in [0.05, 0.1) is 11.6 Å². The number of hydrogen-bond acceptors (Lipinski definition) is 6. The number of hydrazine groups is 1. The number of nitrogens with one attached hydrogen (secondary N) is 3. The van der Waals surface area contributed by atoms with Crippen LogP contribution in [0.4, 0.5) is 0 Å². The molecule has 166 valence electrons. The zero-order chi connectivity index (χ0) is 22.5. The van der Waals surface area contributed by atoms with Crippen LogP contribution < -0.4 is 10.7 Å². The number of benzene rings is 1. The number of carbonyl (C=O) groups excluding carboxylic acids is 4. The molecule has 0 radical (unpaired) electrons. The molecule has 31 heavy (non-hydrogen) atoms. The fourth-order valence-electron chi connectivity index (χ4n) is 3.67. The third-order valence-electron chi connectivity index (χ3n) is 5.34. The second kappa shape index (κ2) is 9.74. The molecule has 9 nitrogen and oxygen atoms in total. The van der Waals surface area contributed by atoms with Crippen molar-refractivity contribution in [2.45, 2.75) is 45.7 Å². The first-order chi connectivity index (χ1) is 14.8. The molecule has 0 spiro atoms. The van der Waals surface area contributed by atoms with E-state index in [1.54, 1.807) is 38.2 Å². The van der Waals surface area contributed by atoms with Crippen LogP contribution in [0, 0.1) is 5.92 Å². The van der Waals surface area contributed by atoms with Crippen molar-refractivity contribution in [1.29, 1.82) is 0 Å². The van der Waals surface area contributed by atoms with E-state index in [-0.39, 0.29) is 11.8 Å². The third-order valence-corrected chi connectivity index (χ3v) is 5.34. The molecule has 2 unspecified atom stereocenters. The van der Waals surface area contributed by atoms with Crippen LogP contribution in [0.25, 0.3) is 10.9 Å². The highest BCUT2D eigenvalue weighted by Crippen LogP contribution is 2.16. The quantitative estimate of drug-likeness (QED) is 0.576. The van der Waals surface area contributed by atoms with E-state index in [0.29, 0.717) is 18.5 Å². The van der Waals surface area contributed by atoms with E-state index < -0.39 is 36.4 Å². The van der Waals surface area contributed by atoms with Gasteiger partial charge in [0.15, 0.2) is 12.4 Å². The van der Waals surface area contributed by atoms with Crippen molar-refractivity contribution in [3.8, 4) is 0 Å². The molecule has 2 heterocycles. The summed E-state index contributed by atoms with van der Waals surface area (Å²) < 4.78 is 5.21. The van der Waals surface area contributed by atoms with Crippen LogP contribution in [-0.2, 0) is 19.1 Å². The lowest BCUT2D eigenvalue weighted by molar-refractivity contribution is -0.145. The molecule has 3 rings (SSSR count). The summed E-state index contributed by atoms with van der Waals surface area (Å²) in [6.07, 6.45) is 3.02. The lowest BCUT2D eigenvalue weighted by atomic mass is 9.98. The van der Waals surface area contributed by atoms with E-state index in [2.05, 4.69) is 15.7 Å². The average molecular weight is 428 g/mol. The molecule has 1 saturated heterocycles. The van der Waals surface area contributed by atoms with Gasteiger partial charge in [0.25, 0.3) is 0 Å². The molecule has 0 aliphatic carbocycles. The van der Waals surface area contributed by atoms with Crippen molar-refractivity contribution >= 4 is 34.5 Å².